The summed E-state index contributed by atoms with van der Waals surface area (Å²) in [6.07, 6.45) is 4.97. The van der Waals surface area contributed by atoms with Crippen molar-refractivity contribution in [3.8, 4) is 11.5 Å². The lowest BCUT2D eigenvalue weighted by atomic mass is 9.98. The molecule has 2 aromatic carbocycles. The van der Waals surface area contributed by atoms with E-state index in [0.29, 0.717) is 35.2 Å². The lowest BCUT2D eigenvalue weighted by Crippen LogP contribution is -2.34. The van der Waals surface area contributed by atoms with Crippen LogP contribution in [0.4, 0.5) is 0 Å². The summed E-state index contributed by atoms with van der Waals surface area (Å²) < 4.78 is 10.5. The number of ether oxygens (including phenoxy) is 2. The molecule has 1 aromatic heterocycles. The zero-order chi connectivity index (χ0) is 19.7. The van der Waals surface area contributed by atoms with Crippen LogP contribution in [-0.4, -0.2) is 43.1 Å². The minimum absolute atomic E-state index is 0.0721. The quantitative estimate of drug-likeness (QED) is 0.691. The Morgan fingerprint density at radius 1 is 1.18 bits per heavy atom. The highest BCUT2D eigenvalue weighted by Gasteiger charge is 2.23. The smallest absolute Gasteiger partial charge is 0.254 e. The summed E-state index contributed by atoms with van der Waals surface area (Å²) in [6, 6.07) is 11.5. The maximum absolute atomic E-state index is 13.0. The maximum Gasteiger partial charge on any atom is 0.254 e. The number of hydrogen-bond acceptors (Lipinski definition) is 3. The van der Waals surface area contributed by atoms with Gasteiger partial charge in [-0.2, -0.15) is 0 Å². The van der Waals surface area contributed by atoms with Crippen molar-refractivity contribution in [1.29, 1.82) is 0 Å². The standard InChI is InChI=1S/C22H21ClN2O3/c1-27-20-12-15(11-18(23)21(20)28-2)22(26)25-9-7-14(8-10-25)17-13-24-19-6-4-3-5-16(17)19/h3-7,11-13,24H,8-10H2,1-2H3. The molecule has 0 fully saturated rings. The van der Waals surface area contributed by atoms with Crippen LogP contribution in [0.15, 0.2) is 48.7 Å². The number of aromatic amines is 1. The molecule has 6 heteroatoms. The van der Waals surface area contributed by atoms with Crippen LogP contribution in [0.25, 0.3) is 16.5 Å². The summed E-state index contributed by atoms with van der Waals surface area (Å²) in [5, 5.41) is 1.57. The first-order chi connectivity index (χ1) is 13.6. The molecular formula is C22H21ClN2O3. The molecule has 0 saturated heterocycles. The third kappa shape index (κ3) is 3.22. The molecule has 0 atom stereocenters. The fraction of sp³-hybridized carbons (Fsp3) is 0.227. The maximum atomic E-state index is 13.0. The van der Waals surface area contributed by atoms with Crippen LogP contribution in [0.5, 0.6) is 11.5 Å². The number of H-pyrrole nitrogens is 1. The van der Waals surface area contributed by atoms with Gasteiger partial charge in [0.15, 0.2) is 11.5 Å². The molecule has 144 valence electrons. The minimum atomic E-state index is -0.0721. The van der Waals surface area contributed by atoms with Gasteiger partial charge >= 0.3 is 0 Å². The number of halogens is 1. The summed E-state index contributed by atoms with van der Waals surface area (Å²) in [7, 11) is 3.05. The van der Waals surface area contributed by atoms with Crippen molar-refractivity contribution in [2.45, 2.75) is 6.42 Å². The first kappa shape index (κ1) is 18.4. The molecule has 5 nitrogen and oxygen atoms in total. The zero-order valence-electron chi connectivity index (χ0n) is 15.8. The molecule has 1 aliphatic rings. The van der Waals surface area contributed by atoms with Gasteiger partial charge in [-0.1, -0.05) is 35.9 Å². The highest BCUT2D eigenvalue weighted by Crippen LogP contribution is 2.37. The van der Waals surface area contributed by atoms with Crippen molar-refractivity contribution >= 4 is 34.0 Å². The van der Waals surface area contributed by atoms with Gasteiger partial charge in [0, 0.05) is 41.3 Å². The second-order valence-corrected chi connectivity index (χ2v) is 7.08. The van der Waals surface area contributed by atoms with E-state index in [-0.39, 0.29) is 5.91 Å². The SMILES string of the molecule is COc1cc(C(=O)N2CC=C(c3c[nH]c4ccccc34)CC2)cc(Cl)c1OC. The first-order valence-electron chi connectivity index (χ1n) is 9.08. The van der Waals surface area contributed by atoms with Gasteiger partial charge in [-0.05, 0) is 30.2 Å². The molecule has 0 aliphatic carbocycles. The Morgan fingerprint density at radius 3 is 2.71 bits per heavy atom. The van der Waals surface area contributed by atoms with E-state index in [9.17, 15) is 4.79 Å². The van der Waals surface area contributed by atoms with Crippen LogP contribution >= 0.6 is 11.6 Å². The number of carbonyl (C=O) groups is 1. The fourth-order valence-corrected chi connectivity index (χ4v) is 3.95. The van der Waals surface area contributed by atoms with Gasteiger partial charge in [-0.15, -0.1) is 0 Å². The van der Waals surface area contributed by atoms with Crippen molar-refractivity contribution in [1.82, 2.24) is 9.88 Å². The number of amides is 1. The van der Waals surface area contributed by atoms with E-state index < -0.39 is 0 Å². The average molecular weight is 397 g/mol. The van der Waals surface area contributed by atoms with Gasteiger partial charge in [0.1, 0.15) is 0 Å². The number of nitrogens with one attached hydrogen (secondary N) is 1. The number of benzene rings is 2. The Labute approximate surface area is 168 Å². The Morgan fingerprint density at radius 2 is 2.00 bits per heavy atom. The summed E-state index contributed by atoms with van der Waals surface area (Å²) in [5.74, 6) is 0.809. The molecule has 28 heavy (non-hydrogen) atoms. The molecule has 0 radical (unpaired) electrons. The number of fused-ring (bicyclic) bond motifs is 1. The largest absolute Gasteiger partial charge is 0.493 e. The molecule has 1 aliphatic heterocycles. The molecule has 3 aromatic rings. The molecule has 0 unspecified atom stereocenters. The second-order valence-electron chi connectivity index (χ2n) is 6.67. The van der Waals surface area contributed by atoms with Crippen molar-refractivity contribution in [3.63, 3.8) is 0 Å². The molecule has 0 spiro atoms. The van der Waals surface area contributed by atoms with E-state index in [1.807, 2.05) is 23.2 Å². The summed E-state index contributed by atoms with van der Waals surface area (Å²) in [5.41, 5.74) is 4.08. The number of para-hydroxylation sites is 1. The van der Waals surface area contributed by atoms with Crippen LogP contribution in [0.2, 0.25) is 5.02 Å². The van der Waals surface area contributed by atoms with Crippen LogP contribution in [0.1, 0.15) is 22.3 Å². The third-order valence-corrected chi connectivity index (χ3v) is 5.39. The number of rotatable bonds is 4. The summed E-state index contributed by atoms with van der Waals surface area (Å²) in [4.78, 5) is 18.1. The molecular weight excluding hydrogens is 376 g/mol. The molecule has 1 N–H and O–H groups in total. The lowest BCUT2D eigenvalue weighted by Gasteiger charge is -2.27. The number of nitrogens with zero attached hydrogens (tertiary/aromatic N) is 1. The number of hydrogen-bond donors (Lipinski definition) is 1. The predicted molar refractivity (Wildman–Crippen MR) is 111 cm³/mol. The molecule has 4 rings (SSSR count). The molecule has 2 heterocycles. The van der Waals surface area contributed by atoms with Crippen LogP contribution in [-0.2, 0) is 0 Å². The highest BCUT2D eigenvalue weighted by molar-refractivity contribution is 6.32. The van der Waals surface area contributed by atoms with Crippen LogP contribution < -0.4 is 9.47 Å². The topological polar surface area (TPSA) is 54.6 Å². The molecule has 1 amide bonds. The van der Waals surface area contributed by atoms with Gasteiger partial charge < -0.3 is 19.4 Å². The normalized spacial score (nSPS) is 14.1. The van der Waals surface area contributed by atoms with Crippen molar-refractivity contribution < 1.29 is 14.3 Å². The third-order valence-electron chi connectivity index (χ3n) is 5.11. The van der Waals surface area contributed by atoms with Crippen molar-refractivity contribution in [2.75, 3.05) is 27.3 Å². The Kier molecular flexibility index (Phi) is 5.01. The van der Waals surface area contributed by atoms with E-state index in [1.165, 1.54) is 30.7 Å². The monoisotopic (exact) mass is 396 g/mol. The molecule has 0 bridgehead atoms. The Balaban J connectivity index is 1.56. The summed E-state index contributed by atoms with van der Waals surface area (Å²) in [6.45, 7) is 1.20. The average Bonchev–Trinajstić information content (AvgIpc) is 3.17. The first-order valence-corrected chi connectivity index (χ1v) is 9.46. The minimum Gasteiger partial charge on any atom is -0.493 e. The number of methoxy groups -OCH3 is 2. The number of aromatic nitrogens is 1. The highest BCUT2D eigenvalue weighted by atomic mass is 35.5. The number of carbonyl (C=O) groups excluding carboxylic acids is 1. The Bertz CT molecular complexity index is 1070. The lowest BCUT2D eigenvalue weighted by molar-refractivity contribution is 0.0772. The summed E-state index contributed by atoms with van der Waals surface area (Å²) >= 11 is 6.25. The molecule has 0 saturated carbocycles. The van der Waals surface area contributed by atoms with Gasteiger partial charge in [-0.3, -0.25) is 4.79 Å². The predicted octanol–water partition coefficient (Wildman–Crippen LogP) is 4.77. The van der Waals surface area contributed by atoms with Crippen LogP contribution in [0.3, 0.4) is 0 Å². The van der Waals surface area contributed by atoms with Gasteiger partial charge in [-0.25, -0.2) is 0 Å². The van der Waals surface area contributed by atoms with Crippen LogP contribution in [0, 0.1) is 0 Å². The van der Waals surface area contributed by atoms with E-state index >= 15 is 0 Å². The Hall–Kier alpha value is -2.92. The second kappa shape index (κ2) is 7.60. The van der Waals surface area contributed by atoms with Gasteiger partial charge in [0.2, 0.25) is 0 Å². The van der Waals surface area contributed by atoms with Gasteiger partial charge in [0.05, 0.1) is 19.2 Å². The van der Waals surface area contributed by atoms with E-state index in [2.05, 4.69) is 23.2 Å². The van der Waals surface area contributed by atoms with E-state index in [0.717, 1.165) is 11.9 Å². The van der Waals surface area contributed by atoms with Gasteiger partial charge in [0.25, 0.3) is 5.91 Å². The zero-order valence-corrected chi connectivity index (χ0v) is 16.5. The van der Waals surface area contributed by atoms with Crippen molar-refractivity contribution in [3.05, 3.63) is 64.8 Å². The van der Waals surface area contributed by atoms with Crippen molar-refractivity contribution in [2.24, 2.45) is 0 Å². The van der Waals surface area contributed by atoms with E-state index in [4.69, 9.17) is 21.1 Å². The fourth-order valence-electron chi connectivity index (χ4n) is 3.66. The van der Waals surface area contributed by atoms with E-state index in [1.54, 1.807) is 12.1 Å².